The number of hydrogen-bond acceptors (Lipinski definition) is 5. The van der Waals surface area contributed by atoms with Gasteiger partial charge in [0.2, 0.25) is 5.69 Å². The second-order valence-corrected chi connectivity index (χ2v) is 6.53. The van der Waals surface area contributed by atoms with Crippen molar-refractivity contribution < 1.29 is 14.1 Å². The third-order valence-electron chi connectivity index (χ3n) is 5.04. The van der Waals surface area contributed by atoms with E-state index in [1.807, 2.05) is 11.6 Å². The molecule has 0 aromatic carbocycles. The zero-order valence-corrected chi connectivity index (χ0v) is 14.3. The van der Waals surface area contributed by atoms with Gasteiger partial charge in [-0.05, 0) is 26.9 Å². The number of hydrogen-bond donors (Lipinski definition) is 0. The van der Waals surface area contributed by atoms with Gasteiger partial charge < -0.3 is 9.91 Å². The van der Waals surface area contributed by atoms with Crippen molar-refractivity contribution in [3.63, 3.8) is 0 Å². The van der Waals surface area contributed by atoms with E-state index in [0.717, 1.165) is 32.6 Å². The highest BCUT2D eigenvalue weighted by Crippen LogP contribution is 2.30. The van der Waals surface area contributed by atoms with Gasteiger partial charge in [0.15, 0.2) is 5.82 Å². The van der Waals surface area contributed by atoms with Gasteiger partial charge in [0, 0.05) is 26.7 Å². The Morgan fingerprint density at radius 1 is 1.17 bits per heavy atom. The molecule has 8 nitrogen and oxygen atoms in total. The highest BCUT2D eigenvalue weighted by Gasteiger charge is 2.51. The lowest BCUT2D eigenvalue weighted by molar-refractivity contribution is -0.742. The van der Waals surface area contributed by atoms with Gasteiger partial charge in [0.25, 0.3) is 0 Å². The Morgan fingerprint density at radius 2 is 1.91 bits per heavy atom. The molecule has 0 aliphatic carbocycles. The first-order valence-corrected chi connectivity index (χ1v) is 8.10. The minimum absolute atomic E-state index is 0.180. The molecule has 1 aromatic heterocycles. The number of likely N-dealkylation sites (N-methyl/N-ethyl adjacent to an activating group) is 1. The largest absolute Gasteiger partial charge is 0.432 e. The minimum atomic E-state index is -0.247. The number of anilines is 1. The van der Waals surface area contributed by atoms with Crippen LogP contribution in [-0.4, -0.2) is 84.8 Å². The van der Waals surface area contributed by atoms with Crippen molar-refractivity contribution >= 4 is 17.8 Å². The molecule has 1 fully saturated rings. The van der Waals surface area contributed by atoms with E-state index >= 15 is 0 Å². The predicted molar refractivity (Wildman–Crippen MR) is 87.1 cm³/mol. The van der Waals surface area contributed by atoms with E-state index in [9.17, 15) is 9.59 Å². The second kappa shape index (κ2) is 5.61. The zero-order valence-electron chi connectivity index (χ0n) is 14.3. The van der Waals surface area contributed by atoms with E-state index in [1.165, 1.54) is 4.90 Å². The van der Waals surface area contributed by atoms with Gasteiger partial charge >= 0.3 is 11.9 Å². The lowest BCUT2D eigenvalue weighted by atomic mass is 10.2. The van der Waals surface area contributed by atoms with E-state index in [0.29, 0.717) is 18.1 Å². The van der Waals surface area contributed by atoms with E-state index in [4.69, 9.17) is 0 Å². The predicted octanol–water partition coefficient (Wildman–Crippen LogP) is 0.333. The average molecular weight is 321 g/mol. The van der Waals surface area contributed by atoms with Crippen LogP contribution in [-0.2, 0) is 0 Å². The van der Waals surface area contributed by atoms with Crippen LogP contribution in [0.1, 0.15) is 23.8 Å². The summed E-state index contributed by atoms with van der Waals surface area (Å²) in [6, 6.07) is -0.231. The summed E-state index contributed by atoms with van der Waals surface area (Å²) >= 11 is 0. The van der Waals surface area contributed by atoms with Gasteiger partial charge in [-0.2, -0.15) is 4.48 Å². The van der Waals surface area contributed by atoms with Gasteiger partial charge in [-0.25, -0.2) is 24.1 Å². The van der Waals surface area contributed by atoms with Gasteiger partial charge in [-0.15, -0.1) is 0 Å². The van der Waals surface area contributed by atoms with Crippen molar-refractivity contribution in [3.05, 3.63) is 12.0 Å². The Morgan fingerprint density at radius 3 is 2.61 bits per heavy atom. The molecule has 0 N–H and O–H groups in total. The maximum Gasteiger partial charge on any atom is 0.432 e. The van der Waals surface area contributed by atoms with Crippen molar-refractivity contribution in [1.82, 2.24) is 14.6 Å². The first kappa shape index (κ1) is 15.9. The highest BCUT2D eigenvalue weighted by atomic mass is 16.2. The highest BCUT2D eigenvalue weighted by molar-refractivity contribution is 6.07. The quantitative estimate of drug-likeness (QED) is 0.735. The maximum atomic E-state index is 13.0. The summed E-state index contributed by atoms with van der Waals surface area (Å²) in [7, 11) is 5.47. The van der Waals surface area contributed by atoms with Crippen molar-refractivity contribution in [2.45, 2.75) is 13.3 Å². The fourth-order valence-electron chi connectivity index (χ4n) is 3.25. The summed E-state index contributed by atoms with van der Waals surface area (Å²) in [6.07, 6.45) is 2.70. The van der Waals surface area contributed by atoms with Gasteiger partial charge in [0.1, 0.15) is 6.33 Å². The van der Waals surface area contributed by atoms with E-state index in [1.54, 1.807) is 20.4 Å². The third-order valence-corrected chi connectivity index (χ3v) is 5.04. The molecule has 0 saturated carbocycles. The number of amides is 3. The molecule has 2 aliphatic rings. The van der Waals surface area contributed by atoms with E-state index < -0.39 is 0 Å². The molecule has 1 unspecified atom stereocenters. The molecular formula is C15H25N6O2+. The van der Waals surface area contributed by atoms with Crippen LogP contribution in [0.5, 0.6) is 0 Å². The second-order valence-electron chi connectivity index (χ2n) is 6.53. The molecule has 1 saturated heterocycles. The number of nitrogens with zero attached hydrogens (tertiary/aromatic N) is 6. The summed E-state index contributed by atoms with van der Waals surface area (Å²) in [5.74, 6) is 0.280. The van der Waals surface area contributed by atoms with Crippen LogP contribution >= 0.6 is 0 Å². The summed E-state index contributed by atoms with van der Waals surface area (Å²) in [5, 5.41) is 2.15. The molecule has 3 heterocycles. The summed E-state index contributed by atoms with van der Waals surface area (Å²) in [4.78, 5) is 33.7. The normalized spacial score (nSPS) is 26.4. The molecule has 126 valence electrons. The van der Waals surface area contributed by atoms with Gasteiger partial charge in [0.05, 0.1) is 13.6 Å². The lowest BCUT2D eigenvalue weighted by Crippen LogP contribution is -2.62. The number of rotatable bonds is 2. The Balaban J connectivity index is 2.03. The lowest BCUT2D eigenvalue weighted by Gasteiger charge is -2.36. The minimum Gasteiger partial charge on any atom is -0.310 e. The summed E-state index contributed by atoms with van der Waals surface area (Å²) < 4.78 is 1.61. The molecule has 3 amide bonds. The number of imidazole rings is 1. The van der Waals surface area contributed by atoms with Crippen molar-refractivity contribution in [2.75, 3.05) is 63.8 Å². The number of carbonyl (C=O) groups is 2. The standard InChI is InChI=1S/C15H25N6O2/c1-5-21(4)14(22)12-13(18(3)15(21)23)16-11-20(12)19-8-6-7-17(2)9-10-19/h11H,5-10H2,1-4H3/q+1. The summed E-state index contributed by atoms with van der Waals surface area (Å²) in [6.45, 7) is 5.97. The van der Waals surface area contributed by atoms with Crippen LogP contribution in [0.15, 0.2) is 6.33 Å². The first-order valence-electron chi connectivity index (χ1n) is 8.10. The van der Waals surface area contributed by atoms with Crippen molar-refractivity contribution in [3.8, 4) is 0 Å². The number of quaternary nitrogens is 1. The van der Waals surface area contributed by atoms with Crippen LogP contribution in [0.3, 0.4) is 0 Å². The smallest absolute Gasteiger partial charge is 0.310 e. The SMILES string of the molecule is CC[N+]1(C)C(=O)c2c(ncn2N2CCCN(C)CC2)N(C)C1=O. The van der Waals surface area contributed by atoms with Gasteiger partial charge in [-0.1, -0.05) is 0 Å². The molecule has 0 radical (unpaired) electrons. The Kier molecular flexibility index (Phi) is 3.89. The molecule has 1 aromatic rings. The average Bonchev–Trinajstić information content (AvgIpc) is 2.87. The molecule has 3 rings (SSSR count). The van der Waals surface area contributed by atoms with Crippen molar-refractivity contribution in [2.24, 2.45) is 0 Å². The molecule has 2 aliphatic heterocycles. The fraction of sp³-hybridized carbons (Fsp3) is 0.667. The number of imide groups is 1. The number of carbonyl (C=O) groups excluding carboxylic acids is 2. The first-order chi connectivity index (χ1) is 10.9. The Hall–Kier alpha value is -1.93. The Bertz CT molecular complexity index is 642. The zero-order chi connectivity index (χ0) is 16.8. The maximum absolute atomic E-state index is 13.0. The number of aromatic nitrogens is 2. The number of fused-ring (bicyclic) bond motifs is 1. The van der Waals surface area contributed by atoms with Crippen LogP contribution in [0.4, 0.5) is 10.6 Å². The monoisotopic (exact) mass is 321 g/mol. The fourth-order valence-corrected chi connectivity index (χ4v) is 3.25. The van der Waals surface area contributed by atoms with E-state index in [-0.39, 0.29) is 16.4 Å². The molecule has 0 bridgehead atoms. The third kappa shape index (κ3) is 2.33. The van der Waals surface area contributed by atoms with Gasteiger partial charge in [-0.3, -0.25) is 0 Å². The molecule has 8 heteroatoms. The van der Waals surface area contributed by atoms with Crippen LogP contribution in [0.2, 0.25) is 0 Å². The van der Waals surface area contributed by atoms with Crippen LogP contribution < -0.4 is 9.91 Å². The summed E-state index contributed by atoms with van der Waals surface area (Å²) in [5.41, 5.74) is 0.515. The van der Waals surface area contributed by atoms with E-state index in [2.05, 4.69) is 21.9 Å². The van der Waals surface area contributed by atoms with Crippen LogP contribution in [0.25, 0.3) is 0 Å². The molecule has 1 atom stereocenters. The Labute approximate surface area is 136 Å². The molecule has 0 spiro atoms. The van der Waals surface area contributed by atoms with Crippen LogP contribution in [0, 0.1) is 0 Å². The number of urea groups is 1. The van der Waals surface area contributed by atoms with Crippen molar-refractivity contribution in [1.29, 1.82) is 0 Å². The molecular weight excluding hydrogens is 296 g/mol. The molecule has 23 heavy (non-hydrogen) atoms. The topological polar surface area (TPSA) is 61.7 Å².